The van der Waals surface area contributed by atoms with Gasteiger partial charge in [-0.3, -0.25) is 0 Å². The van der Waals surface area contributed by atoms with Gasteiger partial charge in [0.1, 0.15) is 6.10 Å². The number of fused-ring (bicyclic) bond motifs is 1. The minimum absolute atomic E-state index is 0.0704. The molecule has 5 nitrogen and oxygen atoms in total. The van der Waals surface area contributed by atoms with Crippen molar-refractivity contribution >= 4 is 16.1 Å². The molecule has 0 spiro atoms. The third-order valence-electron chi connectivity index (χ3n) is 5.31. The maximum atomic E-state index is 12.2. The van der Waals surface area contributed by atoms with Crippen molar-refractivity contribution in [2.75, 3.05) is 0 Å². The minimum atomic E-state index is -3.87. The average molecular weight is 351 g/mol. The molecule has 24 heavy (non-hydrogen) atoms. The lowest BCUT2D eigenvalue weighted by Crippen LogP contribution is -2.37. The van der Waals surface area contributed by atoms with Crippen molar-refractivity contribution in [3.63, 3.8) is 0 Å². The summed E-state index contributed by atoms with van der Waals surface area (Å²) in [5.74, 6) is 1.39. The molecule has 0 radical (unpaired) electrons. The van der Waals surface area contributed by atoms with Gasteiger partial charge in [0.25, 0.3) is 10.0 Å². The molecule has 2 fully saturated rings. The molecule has 0 unspecified atom stereocenters. The van der Waals surface area contributed by atoms with E-state index in [1.54, 1.807) is 12.1 Å². The number of hydrogen-bond acceptors (Lipinski definition) is 4. The van der Waals surface area contributed by atoms with E-state index >= 15 is 0 Å². The van der Waals surface area contributed by atoms with Crippen LogP contribution in [0, 0.1) is 18.8 Å². The number of hydrogen-bond donors (Lipinski definition) is 1. The summed E-state index contributed by atoms with van der Waals surface area (Å²) in [6, 6.07) is 6.37. The molecule has 2 aliphatic carbocycles. The molecule has 0 aromatic heterocycles. The van der Waals surface area contributed by atoms with Crippen LogP contribution in [0.1, 0.15) is 50.5 Å². The van der Waals surface area contributed by atoms with Crippen LogP contribution in [0.2, 0.25) is 0 Å². The standard InChI is InChI=1S/C18H25NO4S/c1-13-6-10-17(11-7-13)24(21,22)19-18(20)23-16-9-8-14-4-2-3-5-15(14)12-16/h6-7,10-11,14-16H,2-5,8-9,12H2,1H3,(H,19,20)/t14-,15+,16-/m0/s1. The van der Waals surface area contributed by atoms with Gasteiger partial charge < -0.3 is 4.74 Å². The second kappa shape index (κ2) is 7.13. The molecule has 3 rings (SSSR count). The smallest absolute Gasteiger partial charge is 0.421 e. The van der Waals surface area contributed by atoms with Gasteiger partial charge in [0.2, 0.25) is 0 Å². The van der Waals surface area contributed by atoms with E-state index < -0.39 is 16.1 Å². The maximum Gasteiger partial charge on any atom is 0.421 e. The zero-order chi connectivity index (χ0) is 17.2. The van der Waals surface area contributed by atoms with E-state index in [1.807, 2.05) is 11.6 Å². The summed E-state index contributed by atoms with van der Waals surface area (Å²) in [5, 5.41) is 0. The zero-order valence-corrected chi connectivity index (χ0v) is 14.8. The lowest BCUT2D eigenvalue weighted by atomic mass is 9.70. The third kappa shape index (κ3) is 4.09. The molecule has 3 atom stereocenters. The van der Waals surface area contributed by atoms with Crippen LogP contribution in [0.25, 0.3) is 0 Å². The number of carbonyl (C=O) groups excluding carboxylic acids is 1. The second-order valence-corrected chi connectivity index (χ2v) is 8.75. The second-order valence-electron chi connectivity index (χ2n) is 7.06. The van der Waals surface area contributed by atoms with Gasteiger partial charge >= 0.3 is 6.09 Å². The summed E-state index contributed by atoms with van der Waals surface area (Å²) in [6.07, 6.45) is 6.78. The van der Waals surface area contributed by atoms with Crippen LogP contribution < -0.4 is 4.72 Å². The van der Waals surface area contributed by atoms with Crippen LogP contribution in [-0.2, 0) is 14.8 Å². The molecule has 1 N–H and O–H groups in total. The van der Waals surface area contributed by atoms with E-state index in [2.05, 4.69) is 0 Å². The van der Waals surface area contributed by atoms with Gasteiger partial charge in [-0.2, -0.15) is 0 Å². The van der Waals surface area contributed by atoms with Crippen LogP contribution in [0.4, 0.5) is 4.79 Å². The largest absolute Gasteiger partial charge is 0.446 e. The third-order valence-corrected chi connectivity index (χ3v) is 6.64. The Balaban J connectivity index is 1.56. The maximum absolute atomic E-state index is 12.2. The topological polar surface area (TPSA) is 72.5 Å². The Hall–Kier alpha value is -1.56. The van der Waals surface area contributed by atoms with Gasteiger partial charge in [0, 0.05) is 0 Å². The van der Waals surface area contributed by atoms with Crippen molar-refractivity contribution in [2.24, 2.45) is 11.8 Å². The molecule has 1 aromatic carbocycles. The number of aryl methyl sites for hydroxylation is 1. The molecule has 0 bridgehead atoms. The van der Waals surface area contributed by atoms with Crippen molar-refractivity contribution < 1.29 is 17.9 Å². The van der Waals surface area contributed by atoms with E-state index in [9.17, 15) is 13.2 Å². The van der Waals surface area contributed by atoms with Gasteiger partial charge in [-0.1, -0.05) is 43.4 Å². The summed E-state index contributed by atoms with van der Waals surface area (Å²) in [7, 11) is -3.87. The van der Waals surface area contributed by atoms with E-state index in [0.29, 0.717) is 5.92 Å². The number of rotatable bonds is 3. The first-order valence-electron chi connectivity index (χ1n) is 8.74. The van der Waals surface area contributed by atoms with Crippen LogP contribution in [0.5, 0.6) is 0 Å². The molecule has 2 saturated carbocycles. The van der Waals surface area contributed by atoms with Crippen LogP contribution >= 0.6 is 0 Å². The lowest BCUT2D eigenvalue weighted by Gasteiger charge is -2.38. The van der Waals surface area contributed by atoms with Crippen molar-refractivity contribution in [3.05, 3.63) is 29.8 Å². The normalized spacial score (nSPS) is 27.1. The fraction of sp³-hybridized carbons (Fsp3) is 0.611. The highest BCUT2D eigenvalue weighted by atomic mass is 32.2. The van der Waals surface area contributed by atoms with Crippen molar-refractivity contribution in [1.29, 1.82) is 0 Å². The lowest BCUT2D eigenvalue weighted by molar-refractivity contribution is 0.0301. The molecular weight excluding hydrogens is 326 g/mol. The average Bonchev–Trinajstić information content (AvgIpc) is 2.54. The SMILES string of the molecule is Cc1ccc(S(=O)(=O)NC(=O)O[C@H]2CC[C@@H]3CCCC[C@@H]3C2)cc1. The Bertz CT molecular complexity index is 683. The van der Waals surface area contributed by atoms with Gasteiger partial charge in [-0.25, -0.2) is 17.9 Å². The van der Waals surface area contributed by atoms with Crippen molar-refractivity contribution in [2.45, 2.75) is 62.9 Å². The van der Waals surface area contributed by atoms with E-state index in [-0.39, 0.29) is 11.0 Å². The van der Waals surface area contributed by atoms with Crippen molar-refractivity contribution in [1.82, 2.24) is 4.72 Å². The fourth-order valence-electron chi connectivity index (χ4n) is 4.00. The van der Waals surface area contributed by atoms with Crippen LogP contribution in [-0.4, -0.2) is 20.6 Å². The first-order valence-corrected chi connectivity index (χ1v) is 10.2. The van der Waals surface area contributed by atoms with Gasteiger partial charge in [-0.05, 0) is 50.2 Å². The quantitative estimate of drug-likeness (QED) is 0.900. The number of benzene rings is 1. The highest BCUT2D eigenvalue weighted by molar-refractivity contribution is 7.90. The minimum Gasteiger partial charge on any atom is -0.446 e. The fourth-order valence-corrected chi connectivity index (χ4v) is 4.88. The molecule has 0 aliphatic heterocycles. The zero-order valence-electron chi connectivity index (χ0n) is 14.0. The summed E-state index contributed by atoms with van der Waals surface area (Å²) in [5.41, 5.74) is 0.959. The highest BCUT2D eigenvalue weighted by Crippen LogP contribution is 2.41. The number of sulfonamides is 1. The van der Waals surface area contributed by atoms with Crippen LogP contribution in [0.15, 0.2) is 29.2 Å². The van der Waals surface area contributed by atoms with Gasteiger partial charge in [-0.15, -0.1) is 0 Å². The summed E-state index contributed by atoms with van der Waals surface area (Å²) >= 11 is 0. The molecule has 1 amide bonds. The summed E-state index contributed by atoms with van der Waals surface area (Å²) in [4.78, 5) is 12.1. The van der Waals surface area contributed by atoms with E-state index in [0.717, 1.165) is 30.7 Å². The Morgan fingerprint density at radius 2 is 1.71 bits per heavy atom. The first-order chi connectivity index (χ1) is 11.4. The highest BCUT2D eigenvalue weighted by Gasteiger charge is 2.34. The van der Waals surface area contributed by atoms with E-state index in [4.69, 9.17) is 4.74 Å². The summed E-state index contributed by atoms with van der Waals surface area (Å²) in [6.45, 7) is 1.87. The molecule has 1 aromatic rings. The molecule has 6 heteroatoms. The Morgan fingerprint density at radius 1 is 1.04 bits per heavy atom. The number of carbonyl (C=O) groups is 1. The monoisotopic (exact) mass is 351 g/mol. The molecular formula is C18H25NO4S. The Kier molecular flexibility index (Phi) is 5.13. The van der Waals surface area contributed by atoms with Gasteiger partial charge in [0.05, 0.1) is 4.90 Å². The Labute approximate surface area is 143 Å². The molecule has 2 aliphatic rings. The first kappa shape index (κ1) is 17.3. The van der Waals surface area contributed by atoms with Crippen LogP contribution in [0.3, 0.4) is 0 Å². The predicted molar refractivity (Wildman–Crippen MR) is 91.1 cm³/mol. The number of amides is 1. The van der Waals surface area contributed by atoms with Gasteiger partial charge in [0.15, 0.2) is 0 Å². The molecule has 132 valence electrons. The molecule has 0 saturated heterocycles. The summed E-state index contributed by atoms with van der Waals surface area (Å²) < 4.78 is 31.8. The number of ether oxygens (including phenoxy) is 1. The van der Waals surface area contributed by atoms with E-state index in [1.165, 1.54) is 37.8 Å². The van der Waals surface area contributed by atoms with Crippen molar-refractivity contribution in [3.8, 4) is 0 Å². The Morgan fingerprint density at radius 3 is 2.42 bits per heavy atom. The number of nitrogens with one attached hydrogen (secondary N) is 1. The predicted octanol–water partition coefficient (Wildman–Crippen LogP) is 3.77. The molecule has 0 heterocycles.